The van der Waals surface area contributed by atoms with Gasteiger partial charge in [-0.05, 0) is 31.2 Å². The highest BCUT2D eigenvalue weighted by Gasteiger charge is 2.38. The number of rotatable bonds is 14. The van der Waals surface area contributed by atoms with Crippen molar-refractivity contribution in [3.05, 3.63) is 35.9 Å². The quantitative estimate of drug-likeness (QED) is 0.182. The van der Waals surface area contributed by atoms with Gasteiger partial charge in [0, 0.05) is 25.8 Å². The van der Waals surface area contributed by atoms with Crippen LogP contribution >= 0.6 is 0 Å². The number of nitrogens with one attached hydrogen (secondary N) is 2. The number of nitrogens with zero attached hydrogens (tertiary/aromatic N) is 1. The molecule has 1 saturated heterocycles. The van der Waals surface area contributed by atoms with E-state index in [1.807, 2.05) is 0 Å². The Morgan fingerprint density at radius 2 is 1.54 bits per heavy atom. The van der Waals surface area contributed by atoms with Crippen LogP contribution < -0.4 is 16.4 Å². The lowest BCUT2D eigenvalue weighted by Crippen LogP contribution is -2.57. The van der Waals surface area contributed by atoms with Crippen molar-refractivity contribution in [3.63, 3.8) is 0 Å². The first kappa shape index (κ1) is 29.2. The number of carboxylic acids is 3. The number of aliphatic carboxylic acids is 3. The van der Waals surface area contributed by atoms with Gasteiger partial charge in [0.2, 0.25) is 17.7 Å². The Morgan fingerprint density at radius 3 is 2.14 bits per heavy atom. The summed E-state index contributed by atoms with van der Waals surface area (Å²) >= 11 is 0. The van der Waals surface area contributed by atoms with Crippen LogP contribution in [-0.4, -0.2) is 86.6 Å². The van der Waals surface area contributed by atoms with E-state index in [1.54, 1.807) is 30.3 Å². The number of amides is 3. The predicted octanol–water partition coefficient (Wildman–Crippen LogP) is -0.669. The van der Waals surface area contributed by atoms with Gasteiger partial charge in [-0.15, -0.1) is 0 Å². The molecule has 202 valence electrons. The number of hydrogen-bond acceptors (Lipinski definition) is 7. The Balaban J connectivity index is 2.11. The summed E-state index contributed by atoms with van der Waals surface area (Å²) in [4.78, 5) is 73.6. The lowest BCUT2D eigenvalue weighted by Gasteiger charge is -2.28. The van der Waals surface area contributed by atoms with Gasteiger partial charge in [-0.25, -0.2) is 4.79 Å². The van der Waals surface area contributed by atoms with E-state index in [4.69, 9.17) is 15.9 Å². The Morgan fingerprint density at radius 1 is 0.919 bits per heavy atom. The smallest absolute Gasteiger partial charge is 0.326 e. The molecule has 7 N–H and O–H groups in total. The number of carboxylic acid groups (broad SMARTS) is 3. The van der Waals surface area contributed by atoms with E-state index >= 15 is 0 Å². The molecule has 37 heavy (non-hydrogen) atoms. The first-order valence-electron chi connectivity index (χ1n) is 11.9. The SMILES string of the molecule is NC(CCC(=O)O)C(=O)N1CCCC1C(=O)NC(CCC(=O)O)C(=O)NC(Cc1ccccc1)C(=O)O. The third kappa shape index (κ3) is 9.18. The molecule has 3 amide bonds. The fourth-order valence-corrected chi connectivity index (χ4v) is 4.05. The molecule has 1 aliphatic heterocycles. The zero-order chi connectivity index (χ0) is 27.5. The second kappa shape index (κ2) is 13.9. The normalized spacial score (nSPS) is 17.3. The molecule has 2 rings (SSSR count). The van der Waals surface area contributed by atoms with Crippen LogP contribution in [0.1, 0.15) is 44.1 Å². The number of carbonyl (C=O) groups is 6. The van der Waals surface area contributed by atoms with E-state index < -0.39 is 66.2 Å². The Bertz CT molecular complexity index is 1000. The summed E-state index contributed by atoms with van der Waals surface area (Å²) in [7, 11) is 0. The fourth-order valence-electron chi connectivity index (χ4n) is 4.05. The summed E-state index contributed by atoms with van der Waals surface area (Å²) in [5.41, 5.74) is 6.47. The van der Waals surface area contributed by atoms with Crippen molar-refractivity contribution in [2.75, 3.05) is 6.54 Å². The average molecular weight is 521 g/mol. The Kier molecular flexibility index (Phi) is 11.0. The predicted molar refractivity (Wildman–Crippen MR) is 128 cm³/mol. The number of likely N-dealkylation sites (tertiary alicyclic amines) is 1. The number of carbonyl (C=O) groups excluding carboxylic acids is 3. The van der Waals surface area contributed by atoms with Crippen molar-refractivity contribution in [2.45, 2.75) is 69.1 Å². The van der Waals surface area contributed by atoms with Crippen molar-refractivity contribution in [1.82, 2.24) is 15.5 Å². The first-order chi connectivity index (χ1) is 17.5. The van der Waals surface area contributed by atoms with E-state index in [0.717, 1.165) is 0 Å². The highest BCUT2D eigenvalue weighted by Crippen LogP contribution is 2.20. The van der Waals surface area contributed by atoms with Gasteiger partial charge in [-0.2, -0.15) is 0 Å². The molecule has 0 aliphatic carbocycles. The summed E-state index contributed by atoms with van der Waals surface area (Å²) < 4.78 is 0. The second-order valence-electron chi connectivity index (χ2n) is 8.81. The van der Waals surface area contributed by atoms with Crippen LogP contribution in [0.25, 0.3) is 0 Å². The molecule has 1 aromatic rings. The van der Waals surface area contributed by atoms with E-state index in [2.05, 4.69) is 10.6 Å². The molecule has 13 heteroatoms. The lowest BCUT2D eigenvalue weighted by molar-refractivity contribution is -0.144. The number of nitrogens with two attached hydrogens (primary N) is 1. The van der Waals surface area contributed by atoms with Crippen LogP contribution in [0, 0.1) is 0 Å². The Labute approximate surface area is 213 Å². The lowest BCUT2D eigenvalue weighted by atomic mass is 10.0. The van der Waals surface area contributed by atoms with Crippen molar-refractivity contribution >= 4 is 35.6 Å². The summed E-state index contributed by atoms with van der Waals surface area (Å²) in [6.45, 7) is 0.210. The molecule has 0 radical (unpaired) electrons. The van der Waals surface area contributed by atoms with Gasteiger partial charge in [0.1, 0.15) is 18.1 Å². The topological polar surface area (TPSA) is 216 Å². The van der Waals surface area contributed by atoms with Crippen molar-refractivity contribution in [2.24, 2.45) is 5.73 Å². The number of hydrogen-bond donors (Lipinski definition) is 6. The summed E-state index contributed by atoms with van der Waals surface area (Å²) in [5, 5.41) is 32.3. The largest absolute Gasteiger partial charge is 0.481 e. The highest BCUT2D eigenvalue weighted by atomic mass is 16.4. The highest BCUT2D eigenvalue weighted by molar-refractivity contribution is 5.94. The summed E-state index contributed by atoms with van der Waals surface area (Å²) in [5.74, 6) is -5.81. The Hall–Kier alpha value is -4.00. The molecule has 0 spiro atoms. The van der Waals surface area contributed by atoms with Crippen molar-refractivity contribution < 1.29 is 44.1 Å². The van der Waals surface area contributed by atoms with E-state index in [-0.39, 0.29) is 38.6 Å². The first-order valence-corrected chi connectivity index (χ1v) is 11.9. The fraction of sp³-hybridized carbons (Fsp3) is 0.500. The molecular weight excluding hydrogens is 488 g/mol. The van der Waals surface area contributed by atoms with Crippen LogP contribution in [0.15, 0.2) is 30.3 Å². The van der Waals surface area contributed by atoms with Crippen LogP contribution in [0.4, 0.5) is 0 Å². The summed E-state index contributed by atoms with van der Waals surface area (Å²) in [6.07, 6.45) is -0.489. The average Bonchev–Trinajstić information content (AvgIpc) is 3.34. The van der Waals surface area contributed by atoms with Crippen LogP contribution in [0.3, 0.4) is 0 Å². The minimum absolute atomic E-state index is 0.0271. The molecular formula is C24H32N4O9. The van der Waals surface area contributed by atoms with Crippen LogP contribution in [0.2, 0.25) is 0 Å². The molecule has 4 unspecified atom stereocenters. The van der Waals surface area contributed by atoms with Gasteiger partial charge in [0.05, 0.1) is 6.04 Å². The minimum Gasteiger partial charge on any atom is -0.481 e. The molecule has 4 atom stereocenters. The molecule has 1 aliphatic rings. The van der Waals surface area contributed by atoms with Crippen LogP contribution in [-0.2, 0) is 35.2 Å². The second-order valence-corrected chi connectivity index (χ2v) is 8.81. The molecule has 13 nitrogen and oxygen atoms in total. The van der Waals surface area contributed by atoms with Gasteiger partial charge < -0.3 is 36.6 Å². The van der Waals surface area contributed by atoms with Gasteiger partial charge >= 0.3 is 17.9 Å². The van der Waals surface area contributed by atoms with E-state index in [0.29, 0.717) is 12.0 Å². The van der Waals surface area contributed by atoms with Crippen molar-refractivity contribution in [3.8, 4) is 0 Å². The standard InChI is InChI=1S/C24H32N4O9/c25-15(8-10-19(29)30)23(35)28-12-4-7-18(28)22(34)26-16(9-11-20(31)32)21(33)27-17(24(36)37)13-14-5-2-1-3-6-14/h1-3,5-6,15-18H,4,7-13,25H2,(H,26,34)(H,27,33)(H,29,30)(H,31,32)(H,36,37). The third-order valence-corrected chi connectivity index (χ3v) is 6.00. The molecule has 0 saturated carbocycles. The molecule has 0 aromatic heterocycles. The van der Waals surface area contributed by atoms with E-state index in [1.165, 1.54) is 4.90 Å². The summed E-state index contributed by atoms with van der Waals surface area (Å²) in [6, 6.07) is 3.79. The van der Waals surface area contributed by atoms with Gasteiger partial charge in [0.25, 0.3) is 0 Å². The maximum absolute atomic E-state index is 13.0. The van der Waals surface area contributed by atoms with Gasteiger partial charge in [-0.3, -0.25) is 24.0 Å². The van der Waals surface area contributed by atoms with Gasteiger partial charge in [0.15, 0.2) is 0 Å². The zero-order valence-electron chi connectivity index (χ0n) is 20.2. The maximum atomic E-state index is 13.0. The van der Waals surface area contributed by atoms with Crippen LogP contribution in [0.5, 0.6) is 0 Å². The monoisotopic (exact) mass is 520 g/mol. The van der Waals surface area contributed by atoms with E-state index in [9.17, 15) is 33.9 Å². The minimum atomic E-state index is -1.36. The number of benzene rings is 1. The van der Waals surface area contributed by atoms with Gasteiger partial charge in [-0.1, -0.05) is 30.3 Å². The third-order valence-electron chi connectivity index (χ3n) is 6.00. The molecule has 1 fully saturated rings. The zero-order valence-corrected chi connectivity index (χ0v) is 20.2. The molecule has 1 heterocycles. The molecule has 1 aromatic carbocycles. The van der Waals surface area contributed by atoms with Crippen molar-refractivity contribution in [1.29, 1.82) is 0 Å². The molecule has 0 bridgehead atoms. The maximum Gasteiger partial charge on any atom is 0.326 e.